The summed E-state index contributed by atoms with van der Waals surface area (Å²) in [6.07, 6.45) is 4.48. The smallest absolute Gasteiger partial charge is 0.242 e. The van der Waals surface area contributed by atoms with E-state index in [4.69, 9.17) is 0 Å². The third-order valence-electron chi connectivity index (χ3n) is 5.77. The van der Waals surface area contributed by atoms with Crippen molar-refractivity contribution >= 4 is 23.6 Å². The van der Waals surface area contributed by atoms with Gasteiger partial charge in [0.2, 0.25) is 11.8 Å². The summed E-state index contributed by atoms with van der Waals surface area (Å²) in [5, 5.41) is 3.07. The van der Waals surface area contributed by atoms with Gasteiger partial charge in [0.25, 0.3) is 0 Å². The average molecular weight is 443 g/mol. The molecule has 2 amide bonds. The lowest BCUT2D eigenvalue weighted by Gasteiger charge is -2.30. The second-order valence-electron chi connectivity index (χ2n) is 8.19. The quantitative estimate of drug-likeness (QED) is 0.550. The Kier molecular flexibility index (Phi) is 8.52. The van der Waals surface area contributed by atoms with Crippen molar-refractivity contribution < 1.29 is 14.0 Å². The third-order valence-corrected chi connectivity index (χ3v) is 6.79. The summed E-state index contributed by atoms with van der Waals surface area (Å²) in [5.74, 6) is -0.0652. The summed E-state index contributed by atoms with van der Waals surface area (Å²) in [6, 6.07) is 14.1. The highest BCUT2D eigenvalue weighted by molar-refractivity contribution is 7.99. The molecule has 0 heterocycles. The summed E-state index contributed by atoms with van der Waals surface area (Å²) in [4.78, 5) is 28.6. The van der Waals surface area contributed by atoms with E-state index in [1.54, 1.807) is 36.9 Å². The largest absolute Gasteiger partial charge is 0.352 e. The second kappa shape index (κ2) is 11.3. The Morgan fingerprint density at radius 1 is 1.13 bits per heavy atom. The summed E-state index contributed by atoms with van der Waals surface area (Å²) in [6.45, 7) is 3.85. The van der Waals surface area contributed by atoms with Gasteiger partial charge in [-0.1, -0.05) is 48.7 Å². The van der Waals surface area contributed by atoms with Gasteiger partial charge in [0, 0.05) is 35.2 Å². The summed E-state index contributed by atoms with van der Waals surface area (Å²) in [7, 11) is 0. The standard InChI is InChI=1S/C25H31FN2O2S/c1-18-11-13-22(14-12-18)31-16-15-24(29)28(17-20-7-3-6-10-23(20)26)19(2)25(30)27-21-8-4-5-9-21/h3,6-7,10-14,19,21H,4-5,8-9,15-17H2,1-2H3,(H,27,30)/t19-/m0/s1. The molecule has 4 nitrogen and oxygen atoms in total. The molecular formula is C25H31FN2O2S. The lowest BCUT2D eigenvalue weighted by molar-refractivity contribution is -0.140. The van der Waals surface area contributed by atoms with Gasteiger partial charge in [0.1, 0.15) is 11.9 Å². The normalized spacial score (nSPS) is 14.9. The van der Waals surface area contributed by atoms with Crippen LogP contribution < -0.4 is 5.32 Å². The maximum absolute atomic E-state index is 14.3. The molecule has 1 aliphatic rings. The number of benzene rings is 2. The monoisotopic (exact) mass is 442 g/mol. The number of hydrogen-bond donors (Lipinski definition) is 1. The molecule has 0 aromatic heterocycles. The van der Waals surface area contributed by atoms with Gasteiger partial charge in [0.05, 0.1) is 0 Å². The Morgan fingerprint density at radius 2 is 1.81 bits per heavy atom. The van der Waals surface area contributed by atoms with Crippen LogP contribution in [-0.2, 0) is 16.1 Å². The zero-order valence-electron chi connectivity index (χ0n) is 18.3. The van der Waals surface area contributed by atoms with Crippen molar-refractivity contribution in [1.29, 1.82) is 0 Å². The van der Waals surface area contributed by atoms with Gasteiger partial charge in [-0.15, -0.1) is 11.8 Å². The first-order valence-corrected chi connectivity index (χ1v) is 12.0. The number of carbonyl (C=O) groups excluding carboxylic acids is 2. The Hall–Kier alpha value is -2.34. The molecule has 2 aromatic carbocycles. The number of carbonyl (C=O) groups is 2. The van der Waals surface area contributed by atoms with Crippen LogP contribution in [0.4, 0.5) is 4.39 Å². The molecule has 1 aliphatic carbocycles. The van der Waals surface area contributed by atoms with E-state index in [-0.39, 0.29) is 36.6 Å². The van der Waals surface area contributed by atoms with Crippen LogP contribution in [0.25, 0.3) is 0 Å². The van der Waals surface area contributed by atoms with Crippen LogP contribution in [0, 0.1) is 12.7 Å². The fourth-order valence-electron chi connectivity index (χ4n) is 3.82. The maximum atomic E-state index is 14.3. The molecule has 166 valence electrons. The lowest BCUT2D eigenvalue weighted by atomic mass is 10.1. The van der Waals surface area contributed by atoms with E-state index >= 15 is 0 Å². The predicted octanol–water partition coefficient (Wildman–Crippen LogP) is 5.09. The van der Waals surface area contributed by atoms with E-state index in [0.717, 1.165) is 30.6 Å². The number of halogens is 1. The second-order valence-corrected chi connectivity index (χ2v) is 9.36. The molecular weight excluding hydrogens is 411 g/mol. The maximum Gasteiger partial charge on any atom is 0.242 e. The van der Waals surface area contributed by atoms with Gasteiger partial charge in [0.15, 0.2) is 0 Å². The summed E-state index contributed by atoms with van der Waals surface area (Å²) >= 11 is 1.61. The molecule has 1 fully saturated rings. The van der Waals surface area contributed by atoms with Crippen LogP contribution in [0.3, 0.4) is 0 Å². The average Bonchev–Trinajstić information content (AvgIpc) is 3.27. The number of hydrogen-bond acceptors (Lipinski definition) is 3. The minimum absolute atomic E-state index is 0.0833. The highest BCUT2D eigenvalue weighted by Crippen LogP contribution is 2.22. The van der Waals surface area contributed by atoms with E-state index in [9.17, 15) is 14.0 Å². The van der Waals surface area contributed by atoms with E-state index in [1.807, 2.05) is 31.2 Å². The minimum Gasteiger partial charge on any atom is -0.352 e. The molecule has 2 aromatic rings. The van der Waals surface area contributed by atoms with Crippen LogP contribution >= 0.6 is 11.8 Å². The Bertz CT molecular complexity index is 881. The highest BCUT2D eigenvalue weighted by atomic mass is 32.2. The topological polar surface area (TPSA) is 49.4 Å². The van der Waals surface area contributed by atoms with Crippen LogP contribution in [-0.4, -0.2) is 34.6 Å². The molecule has 0 bridgehead atoms. The number of rotatable bonds is 9. The van der Waals surface area contributed by atoms with E-state index < -0.39 is 6.04 Å². The van der Waals surface area contributed by atoms with Crippen molar-refractivity contribution in [2.24, 2.45) is 0 Å². The number of aryl methyl sites for hydroxylation is 1. The third kappa shape index (κ3) is 6.82. The zero-order chi connectivity index (χ0) is 22.2. The molecule has 1 atom stereocenters. The first-order valence-electron chi connectivity index (χ1n) is 11.0. The first-order chi connectivity index (χ1) is 14.9. The van der Waals surface area contributed by atoms with Crippen LogP contribution in [0.2, 0.25) is 0 Å². The van der Waals surface area contributed by atoms with E-state index in [1.165, 1.54) is 16.5 Å². The van der Waals surface area contributed by atoms with Crippen molar-refractivity contribution in [3.8, 4) is 0 Å². The molecule has 3 rings (SSSR count). The summed E-state index contributed by atoms with van der Waals surface area (Å²) < 4.78 is 14.3. The van der Waals surface area contributed by atoms with Crippen LogP contribution in [0.15, 0.2) is 53.4 Å². The first kappa shape index (κ1) is 23.3. The van der Waals surface area contributed by atoms with E-state index in [0.29, 0.717) is 11.3 Å². The van der Waals surface area contributed by atoms with Crippen molar-refractivity contribution in [2.75, 3.05) is 5.75 Å². The molecule has 0 saturated heterocycles. The predicted molar refractivity (Wildman–Crippen MR) is 123 cm³/mol. The summed E-state index contributed by atoms with van der Waals surface area (Å²) in [5.41, 5.74) is 1.61. The van der Waals surface area contributed by atoms with Crippen LogP contribution in [0.1, 0.15) is 50.2 Å². The number of amides is 2. The number of nitrogens with one attached hydrogen (secondary N) is 1. The minimum atomic E-state index is -0.655. The van der Waals surface area contributed by atoms with Gasteiger partial charge < -0.3 is 10.2 Å². The zero-order valence-corrected chi connectivity index (χ0v) is 19.1. The molecule has 0 radical (unpaired) electrons. The molecule has 31 heavy (non-hydrogen) atoms. The molecule has 1 N–H and O–H groups in total. The van der Waals surface area contributed by atoms with E-state index in [2.05, 4.69) is 5.32 Å². The van der Waals surface area contributed by atoms with Gasteiger partial charge in [-0.05, 0) is 44.9 Å². The number of thioether (sulfide) groups is 1. The Morgan fingerprint density at radius 3 is 2.48 bits per heavy atom. The fourth-order valence-corrected chi connectivity index (χ4v) is 4.66. The molecule has 6 heteroatoms. The fraction of sp³-hybridized carbons (Fsp3) is 0.440. The molecule has 0 aliphatic heterocycles. The lowest BCUT2D eigenvalue weighted by Crippen LogP contribution is -2.49. The molecule has 0 spiro atoms. The van der Waals surface area contributed by atoms with Gasteiger partial charge in [-0.2, -0.15) is 0 Å². The van der Waals surface area contributed by atoms with Gasteiger partial charge >= 0.3 is 0 Å². The van der Waals surface area contributed by atoms with Crippen molar-refractivity contribution in [3.05, 3.63) is 65.5 Å². The van der Waals surface area contributed by atoms with Crippen molar-refractivity contribution in [2.45, 2.75) is 69.5 Å². The van der Waals surface area contributed by atoms with Crippen molar-refractivity contribution in [1.82, 2.24) is 10.2 Å². The van der Waals surface area contributed by atoms with Crippen molar-refractivity contribution in [3.63, 3.8) is 0 Å². The number of nitrogens with zero attached hydrogens (tertiary/aromatic N) is 1. The SMILES string of the molecule is Cc1ccc(SCCC(=O)N(Cc2ccccc2F)[C@@H](C)C(=O)NC2CCCC2)cc1. The molecule has 1 saturated carbocycles. The Balaban J connectivity index is 1.66. The highest BCUT2D eigenvalue weighted by Gasteiger charge is 2.28. The van der Waals surface area contributed by atoms with Crippen LogP contribution in [0.5, 0.6) is 0 Å². The Labute approximate surface area is 188 Å². The molecule has 0 unspecified atom stereocenters. The van der Waals surface area contributed by atoms with Gasteiger partial charge in [-0.3, -0.25) is 9.59 Å². The van der Waals surface area contributed by atoms with Gasteiger partial charge in [-0.25, -0.2) is 4.39 Å².